The first-order chi connectivity index (χ1) is 11.2. The van der Waals surface area contributed by atoms with Gasteiger partial charge in [-0.15, -0.1) is 0 Å². The number of para-hydroxylation sites is 1. The molecular formula is C20H30N2O. The van der Waals surface area contributed by atoms with Crippen LogP contribution in [0.2, 0.25) is 0 Å². The summed E-state index contributed by atoms with van der Waals surface area (Å²) in [6.45, 7) is 4.65. The summed E-state index contributed by atoms with van der Waals surface area (Å²) in [6.07, 6.45) is 11.4. The molecule has 1 aliphatic carbocycles. The van der Waals surface area contributed by atoms with E-state index in [0.29, 0.717) is 5.54 Å². The van der Waals surface area contributed by atoms with Gasteiger partial charge < -0.3 is 9.64 Å². The summed E-state index contributed by atoms with van der Waals surface area (Å²) in [4.78, 5) is 5.25. The molecule has 3 heteroatoms. The van der Waals surface area contributed by atoms with E-state index >= 15 is 0 Å². The zero-order valence-electron chi connectivity index (χ0n) is 14.6. The van der Waals surface area contributed by atoms with Crippen LogP contribution < -0.4 is 4.74 Å². The van der Waals surface area contributed by atoms with Crippen molar-refractivity contribution < 1.29 is 4.74 Å². The lowest BCUT2D eigenvalue weighted by Crippen LogP contribution is -2.62. The Morgan fingerprint density at radius 1 is 1.13 bits per heavy atom. The molecule has 1 aromatic rings. The smallest absolute Gasteiger partial charge is 0.126 e. The lowest BCUT2D eigenvalue weighted by molar-refractivity contribution is -0.0100. The van der Waals surface area contributed by atoms with E-state index in [-0.39, 0.29) is 0 Å². The van der Waals surface area contributed by atoms with Crippen molar-refractivity contribution >= 4 is 6.08 Å². The van der Waals surface area contributed by atoms with Gasteiger partial charge in [0.1, 0.15) is 5.75 Å². The monoisotopic (exact) mass is 314 g/mol. The van der Waals surface area contributed by atoms with E-state index in [1.807, 2.05) is 12.1 Å². The number of nitrogens with zero attached hydrogens (tertiary/aromatic N) is 2. The summed E-state index contributed by atoms with van der Waals surface area (Å²) in [5.41, 5.74) is 1.58. The zero-order chi connectivity index (χ0) is 16.1. The van der Waals surface area contributed by atoms with Gasteiger partial charge in [-0.1, -0.05) is 49.6 Å². The van der Waals surface area contributed by atoms with Crippen molar-refractivity contribution in [2.75, 3.05) is 40.3 Å². The first-order valence-electron chi connectivity index (χ1n) is 8.97. The van der Waals surface area contributed by atoms with E-state index in [1.165, 1.54) is 57.3 Å². The SMILES string of the molecule is COc1ccccc1/C=C/CN1CCN(C)CC12CCCCC2. The van der Waals surface area contributed by atoms with E-state index < -0.39 is 0 Å². The van der Waals surface area contributed by atoms with Crippen molar-refractivity contribution in [2.45, 2.75) is 37.6 Å². The molecule has 1 spiro atoms. The summed E-state index contributed by atoms with van der Waals surface area (Å²) in [7, 11) is 4.02. The van der Waals surface area contributed by atoms with Gasteiger partial charge in [0.05, 0.1) is 7.11 Å². The highest BCUT2D eigenvalue weighted by Gasteiger charge is 2.40. The van der Waals surface area contributed by atoms with Crippen LogP contribution in [0.4, 0.5) is 0 Å². The van der Waals surface area contributed by atoms with Crippen LogP contribution in [0.25, 0.3) is 6.08 Å². The van der Waals surface area contributed by atoms with Gasteiger partial charge in [-0.2, -0.15) is 0 Å². The van der Waals surface area contributed by atoms with E-state index in [1.54, 1.807) is 7.11 Å². The third-order valence-electron chi connectivity index (χ3n) is 5.53. The van der Waals surface area contributed by atoms with Crippen molar-refractivity contribution in [3.8, 4) is 5.75 Å². The second kappa shape index (κ2) is 7.50. The lowest BCUT2D eigenvalue weighted by atomic mass is 9.78. The molecule has 3 nitrogen and oxygen atoms in total. The summed E-state index contributed by atoms with van der Waals surface area (Å²) in [5.74, 6) is 0.953. The molecule has 0 aromatic heterocycles. The van der Waals surface area contributed by atoms with E-state index in [2.05, 4.69) is 41.1 Å². The molecule has 1 aromatic carbocycles. The van der Waals surface area contributed by atoms with Gasteiger partial charge in [0.2, 0.25) is 0 Å². The minimum absolute atomic E-state index is 0.413. The van der Waals surface area contributed by atoms with Crippen molar-refractivity contribution in [1.82, 2.24) is 9.80 Å². The summed E-state index contributed by atoms with van der Waals surface area (Å²) in [6, 6.07) is 8.24. The van der Waals surface area contributed by atoms with Crippen LogP contribution in [0, 0.1) is 0 Å². The molecule has 1 saturated heterocycles. The number of hydrogen-bond acceptors (Lipinski definition) is 3. The first kappa shape index (κ1) is 16.5. The summed E-state index contributed by atoms with van der Waals surface area (Å²) >= 11 is 0. The van der Waals surface area contributed by atoms with Crippen molar-refractivity contribution in [3.63, 3.8) is 0 Å². The molecular weight excluding hydrogens is 284 g/mol. The van der Waals surface area contributed by atoms with Crippen LogP contribution >= 0.6 is 0 Å². The number of benzene rings is 1. The molecule has 1 saturated carbocycles. The quantitative estimate of drug-likeness (QED) is 0.843. The van der Waals surface area contributed by atoms with Crippen molar-refractivity contribution in [2.24, 2.45) is 0 Å². The second-order valence-corrected chi connectivity index (χ2v) is 7.11. The maximum Gasteiger partial charge on any atom is 0.126 e. The normalized spacial score (nSPS) is 22.7. The number of likely N-dealkylation sites (N-methyl/N-ethyl adjacent to an activating group) is 1. The molecule has 1 aliphatic heterocycles. The zero-order valence-corrected chi connectivity index (χ0v) is 14.6. The number of hydrogen-bond donors (Lipinski definition) is 0. The van der Waals surface area contributed by atoms with Crippen LogP contribution in [-0.2, 0) is 0 Å². The molecule has 126 valence electrons. The van der Waals surface area contributed by atoms with Gasteiger partial charge >= 0.3 is 0 Å². The molecule has 0 unspecified atom stereocenters. The van der Waals surface area contributed by atoms with Gasteiger partial charge in [-0.3, -0.25) is 4.90 Å². The Labute approximate surface area is 140 Å². The van der Waals surface area contributed by atoms with Gasteiger partial charge in [-0.05, 0) is 26.0 Å². The third kappa shape index (κ3) is 3.78. The first-order valence-corrected chi connectivity index (χ1v) is 8.97. The highest BCUT2D eigenvalue weighted by atomic mass is 16.5. The molecule has 0 bridgehead atoms. The maximum atomic E-state index is 5.44. The van der Waals surface area contributed by atoms with Gasteiger partial charge in [0.15, 0.2) is 0 Å². The molecule has 3 rings (SSSR count). The third-order valence-corrected chi connectivity index (χ3v) is 5.53. The predicted octanol–water partition coefficient (Wildman–Crippen LogP) is 3.66. The minimum Gasteiger partial charge on any atom is -0.496 e. The number of ether oxygens (including phenoxy) is 1. The molecule has 0 N–H and O–H groups in total. The summed E-state index contributed by atoms with van der Waals surface area (Å²) in [5, 5.41) is 0. The van der Waals surface area contributed by atoms with Crippen LogP contribution in [-0.4, -0.2) is 55.7 Å². The van der Waals surface area contributed by atoms with Crippen LogP contribution in [0.1, 0.15) is 37.7 Å². The largest absolute Gasteiger partial charge is 0.496 e. The van der Waals surface area contributed by atoms with Crippen molar-refractivity contribution in [1.29, 1.82) is 0 Å². The van der Waals surface area contributed by atoms with Crippen molar-refractivity contribution in [3.05, 3.63) is 35.9 Å². The average molecular weight is 314 g/mol. The Bertz CT molecular complexity index is 534. The fourth-order valence-electron chi connectivity index (χ4n) is 4.29. The topological polar surface area (TPSA) is 15.7 Å². The molecule has 0 radical (unpaired) electrons. The molecule has 23 heavy (non-hydrogen) atoms. The van der Waals surface area contributed by atoms with Gasteiger partial charge in [0.25, 0.3) is 0 Å². The number of methoxy groups -OCH3 is 1. The Morgan fingerprint density at radius 2 is 1.91 bits per heavy atom. The fraction of sp³-hybridized carbons (Fsp3) is 0.600. The lowest BCUT2D eigenvalue weighted by Gasteiger charge is -2.52. The van der Waals surface area contributed by atoms with Gasteiger partial charge in [-0.25, -0.2) is 0 Å². The highest BCUT2D eigenvalue weighted by Crippen LogP contribution is 2.36. The summed E-state index contributed by atoms with van der Waals surface area (Å²) < 4.78 is 5.44. The van der Waals surface area contributed by atoms with Crippen LogP contribution in [0.5, 0.6) is 5.75 Å². The fourth-order valence-corrected chi connectivity index (χ4v) is 4.29. The van der Waals surface area contributed by atoms with Crippen LogP contribution in [0.3, 0.4) is 0 Å². The molecule has 0 atom stereocenters. The molecule has 2 fully saturated rings. The van der Waals surface area contributed by atoms with E-state index in [0.717, 1.165) is 12.3 Å². The Morgan fingerprint density at radius 3 is 2.70 bits per heavy atom. The Balaban J connectivity index is 1.69. The van der Waals surface area contributed by atoms with Gasteiger partial charge in [0, 0.05) is 37.3 Å². The molecule has 2 aliphatic rings. The minimum atomic E-state index is 0.413. The standard InChI is InChI=1S/C20H30N2O/c1-21-15-16-22(20(17-21)12-6-3-7-13-20)14-8-10-18-9-4-5-11-19(18)23-2/h4-5,8-11H,3,6-7,12-17H2,1-2H3/b10-8+. The van der Waals surface area contributed by atoms with E-state index in [9.17, 15) is 0 Å². The molecule has 1 heterocycles. The number of rotatable bonds is 4. The number of piperazine rings is 1. The second-order valence-electron chi connectivity index (χ2n) is 7.11. The maximum absolute atomic E-state index is 5.44. The Kier molecular flexibility index (Phi) is 5.39. The highest BCUT2D eigenvalue weighted by molar-refractivity contribution is 5.57. The average Bonchev–Trinajstić information content (AvgIpc) is 2.58. The van der Waals surface area contributed by atoms with E-state index in [4.69, 9.17) is 4.74 Å². The Hall–Kier alpha value is -1.32. The molecule has 0 amide bonds. The predicted molar refractivity (Wildman–Crippen MR) is 96.9 cm³/mol. The van der Waals surface area contributed by atoms with Crippen LogP contribution in [0.15, 0.2) is 30.3 Å².